The summed E-state index contributed by atoms with van der Waals surface area (Å²) in [5.74, 6) is 0. The predicted octanol–water partition coefficient (Wildman–Crippen LogP) is 6.19. The number of piperidine rings is 1. The van der Waals surface area contributed by atoms with Gasteiger partial charge in [0.25, 0.3) is 0 Å². The molecule has 5 aromatic rings. The van der Waals surface area contributed by atoms with Crippen LogP contribution in [0.1, 0.15) is 18.4 Å². The van der Waals surface area contributed by atoms with Crippen LogP contribution in [0, 0.1) is 0 Å². The third kappa shape index (κ3) is 4.78. The molecule has 2 N–H and O–H groups in total. The van der Waals surface area contributed by atoms with E-state index in [0.29, 0.717) is 6.04 Å². The Morgan fingerprint density at radius 1 is 0.944 bits per heavy atom. The zero-order chi connectivity index (χ0) is 24.3. The van der Waals surface area contributed by atoms with E-state index < -0.39 is 0 Å². The number of aromatic amines is 1. The van der Waals surface area contributed by atoms with Crippen molar-refractivity contribution in [1.29, 1.82) is 0 Å². The molecule has 0 spiro atoms. The van der Waals surface area contributed by atoms with Crippen molar-refractivity contribution in [2.75, 3.05) is 13.1 Å². The lowest BCUT2D eigenvalue weighted by Crippen LogP contribution is -2.39. The summed E-state index contributed by atoms with van der Waals surface area (Å²) in [7, 11) is 0. The number of nitrogens with zero attached hydrogens (tertiary/aromatic N) is 4. The highest BCUT2D eigenvalue weighted by Crippen LogP contribution is 2.32. The number of aromatic nitrogens is 4. The smallest absolute Gasteiger partial charge is 0.116 e. The lowest BCUT2D eigenvalue weighted by atomic mass is 10.0. The third-order valence-electron chi connectivity index (χ3n) is 6.82. The third-order valence-corrected chi connectivity index (χ3v) is 7.45. The first-order chi connectivity index (χ1) is 17.8. The van der Waals surface area contributed by atoms with Gasteiger partial charge in [-0.15, -0.1) is 0 Å². The summed E-state index contributed by atoms with van der Waals surface area (Å²) in [4.78, 5) is 20.0. The Balaban J connectivity index is 1.29. The standard InChI is InChI=1S/C29H28N6S/c1-2-36-34-23-12-14-35(15-13-23)18-20-8-10-22(11-9-20)29-28(21-6-4-3-5-7-21)32-26-16-24-25(31-19-30-24)17-27(26)33-29/h2-11,16-17,19,23,33-34H,1,12-15,18H2. The maximum atomic E-state index is 5.07. The fourth-order valence-corrected chi connectivity index (χ4v) is 5.42. The van der Waals surface area contributed by atoms with E-state index in [-0.39, 0.29) is 0 Å². The van der Waals surface area contributed by atoms with E-state index >= 15 is 0 Å². The number of imidazole rings is 1. The monoisotopic (exact) mass is 492 g/mol. The van der Waals surface area contributed by atoms with Crippen LogP contribution in [0.15, 0.2) is 85.0 Å². The van der Waals surface area contributed by atoms with Gasteiger partial charge in [-0.3, -0.25) is 9.62 Å². The van der Waals surface area contributed by atoms with Crippen molar-refractivity contribution in [3.8, 4) is 22.5 Å². The normalized spacial score (nSPS) is 15.0. The van der Waals surface area contributed by atoms with E-state index in [4.69, 9.17) is 4.98 Å². The number of hydrogen-bond donors (Lipinski definition) is 2. The minimum Gasteiger partial charge on any atom is -0.351 e. The topological polar surface area (TPSA) is 69.7 Å². The molecule has 1 fully saturated rings. The largest absolute Gasteiger partial charge is 0.351 e. The quantitative estimate of drug-likeness (QED) is 0.264. The summed E-state index contributed by atoms with van der Waals surface area (Å²) < 4.78 is 3.48. The minimum absolute atomic E-state index is 0.569. The van der Waals surface area contributed by atoms with Crippen molar-refractivity contribution in [1.82, 2.24) is 29.6 Å². The molecule has 0 saturated carbocycles. The van der Waals surface area contributed by atoms with Crippen molar-refractivity contribution < 1.29 is 0 Å². The highest BCUT2D eigenvalue weighted by molar-refractivity contribution is 8.00. The van der Waals surface area contributed by atoms with E-state index in [1.807, 2.05) is 23.6 Å². The van der Waals surface area contributed by atoms with Crippen LogP contribution in [0.5, 0.6) is 0 Å². The SMILES string of the molecule is C=CSNC1CCN(Cc2ccc(-c3[nH]c4cc5ncnc5cc4nc3-c3ccccc3)cc2)CC1. The second kappa shape index (κ2) is 10.2. The molecule has 3 aromatic carbocycles. The van der Waals surface area contributed by atoms with E-state index in [1.165, 1.54) is 5.56 Å². The number of rotatable bonds is 7. The lowest BCUT2D eigenvalue weighted by Gasteiger charge is -2.32. The van der Waals surface area contributed by atoms with Crippen LogP contribution in [-0.4, -0.2) is 44.0 Å². The molecule has 0 bridgehead atoms. The molecule has 1 aliphatic rings. The summed E-state index contributed by atoms with van der Waals surface area (Å²) in [6, 6.07) is 23.8. The molecule has 1 aliphatic heterocycles. The van der Waals surface area contributed by atoms with Crippen LogP contribution in [0.4, 0.5) is 0 Å². The Hall–Kier alpha value is -3.52. The van der Waals surface area contributed by atoms with Gasteiger partial charge in [-0.1, -0.05) is 73.1 Å². The second-order valence-electron chi connectivity index (χ2n) is 9.21. The predicted molar refractivity (Wildman–Crippen MR) is 149 cm³/mol. The Morgan fingerprint density at radius 2 is 1.69 bits per heavy atom. The summed E-state index contributed by atoms with van der Waals surface area (Å²) in [6.45, 7) is 6.96. The molecule has 3 heterocycles. The molecule has 1 saturated heterocycles. The first-order valence-corrected chi connectivity index (χ1v) is 13.2. The van der Waals surface area contributed by atoms with Crippen LogP contribution in [0.3, 0.4) is 0 Å². The van der Waals surface area contributed by atoms with Crippen molar-refractivity contribution >= 4 is 34.0 Å². The van der Waals surface area contributed by atoms with Crippen LogP contribution in [0.2, 0.25) is 0 Å². The van der Waals surface area contributed by atoms with Gasteiger partial charge in [0.2, 0.25) is 0 Å². The van der Waals surface area contributed by atoms with E-state index in [1.54, 1.807) is 18.3 Å². The van der Waals surface area contributed by atoms with Gasteiger partial charge in [-0.25, -0.2) is 15.0 Å². The first-order valence-electron chi connectivity index (χ1n) is 12.3. The minimum atomic E-state index is 0.569. The Bertz CT molecular complexity index is 1490. The zero-order valence-electron chi connectivity index (χ0n) is 20.0. The molecule has 7 heteroatoms. The van der Waals surface area contributed by atoms with Gasteiger partial charge in [-0.05, 0) is 49.0 Å². The molecule has 0 aliphatic carbocycles. The van der Waals surface area contributed by atoms with Gasteiger partial charge >= 0.3 is 0 Å². The van der Waals surface area contributed by atoms with Gasteiger partial charge in [0.05, 0.1) is 33.5 Å². The highest BCUT2D eigenvalue weighted by atomic mass is 32.2. The molecule has 36 heavy (non-hydrogen) atoms. The molecule has 180 valence electrons. The van der Waals surface area contributed by atoms with E-state index in [9.17, 15) is 0 Å². The number of H-pyrrole nitrogens is 1. The summed E-state index contributed by atoms with van der Waals surface area (Å²) in [5, 5.41) is 1.86. The lowest BCUT2D eigenvalue weighted by molar-refractivity contribution is 0.201. The molecule has 6 rings (SSSR count). The van der Waals surface area contributed by atoms with Gasteiger partial charge < -0.3 is 4.98 Å². The summed E-state index contributed by atoms with van der Waals surface area (Å²) in [6.07, 6.45) is 3.93. The number of fused-ring (bicyclic) bond motifs is 2. The molecule has 6 nitrogen and oxygen atoms in total. The van der Waals surface area contributed by atoms with Crippen molar-refractivity contribution in [3.05, 3.63) is 90.6 Å². The van der Waals surface area contributed by atoms with Crippen molar-refractivity contribution in [2.45, 2.75) is 25.4 Å². The van der Waals surface area contributed by atoms with Crippen molar-refractivity contribution in [3.63, 3.8) is 0 Å². The van der Waals surface area contributed by atoms with Gasteiger partial charge in [-0.2, -0.15) is 0 Å². The first kappa shape index (κ1) is 22.9. The Morgan fingerprint density at radius 3 is 2.44 bits per heavy atom. The Labute approximate surface area is 215 Å². The average molecular weight is 493 g/mol. The molecular formula is C29H28N6S. The van der Waals surface area contributed by atoms with Crippen LogP contribution >= 0.6 is 11.9 Å². The molecule has 0 atom stereocenters. The molecule has 2 aromatic heterocycles. The van der Waals surface area contributed by atoms with Crippen LogP contribution in [-0.2, 0) is 6.54 Å². The maximum Gasteiger partial charge on any atom is 0.116 e. The Kier molecular flexibility index (Phi) is 6.51. The molecule has 0 amide bonds. The second-order valence-corrected chi connectivity index (χ2v) is 10.0. The molecule has 0 unspecified atom stereocenters. The van der Waals surface area contributed by atoms with Gasteiger partial charge in [0, 0.05) is 23.7 Å². The van der Waals surface area contributed by atoms with E-state index in [2.05, 4.69) is 79.7 Å². The summed E-state index contributed by atoms with van der Waals surface area (Å²) in [5.41, 5.74) is 9.02. The van der Waals surface area contributed by atoms with E-state index in [0.717, 1.165) is 77.1 Å². The van der Waals surface area contributed by atoms with Crippen LogP contribution in [0.25, 0.3) is 44.6 Å². The zero-order valence-corrected chi connectivity index (χ0v) is 20.8. The molecule has 0 radical (unpaired) electrons. The average Bonchev–Trinajstić information content (AvgIpc) is 3.39. The van der Waals surface area contributed by atoms with Crippen molar-refractivity contribution in [2.24, 2.45) is 0 Å². The number of hydrogen-bond acceptors (Lipinski definition) is 6. The van der Waals surface area contributed by atoms with Crippen LogP contribution < -0.4 is 4.72 Å². The fourth-order valence-electron chi connectivity index (χ4n) is 4.89. The number of likely N-dealkylation sites (tertiary alicyclic amines) is 1. The van der Waals surface area contributed by atoms with Gasteiger partial charge in [0.1, 0.15) is 6.33 Å². The molecular weight excluding hydrogens is 464 g/mol. The van der Waals surface area contributed by atoms with Gasteiger partial charge in [0.15, 0.2) is 0 Å². The fraction of sp³-hybridized carbons (Fsp3) is 0.207. The maximum absolute atomic E-state index is 5.07. The number of benzene rings is 3. The highest BCUT2D eigenvalue weighted by Gasteiger charge is 2.19. The number of nitrogens with one attached hydrogen (secondary N) is 2. The summed E-state index contributed by atoms with van der Waals surface area (Å²) >= 11 is 1.60.